The minimum Gasteiger partial charge on any atom is -0.354 e. The summed E-state index contributed by atoms with van der Waals surface area (Å²) >= 11 is 0. The summed E-state index contributed by atoms with van der Waals surface area (Å²) in [7, 11) is 1.89. The van der Waals surface area contributed by atoms with E-state index in [1.165, 1.54) is 12.1 Å². The zero-order valence-corrected chi connectivity index (χ0v) is 15.1. The van der Waals surface area contributed by atoms with E-state index in [0.717, 1.165) is 31.5 Å². The van der Waals surface area contributed by atoms with Crippen molar-refractivity contribution in [1.29, 1.82) is 0 Å². The quantitative estimate of drug-likeness (QED) is 0.846. The van der Waals surface area contributed by atoms with Crippen molar-refractivity contribution in [1.82, 2.24) is 4.90 Å². The van der Waals surface area contributed by atoms with Gasteiger partial charge in [-0.05, 0) is 55.3 Å². The van der Waals surface area contributed by atoms with Gasteiger partial charge in [-0.15, -0.1) is 0 Å². The van der Waals surface area contributed by atoms with Crippen LogP contribution in [0.15, 0.2) is 42.5 Å². The van der Waals surface area contributed by atoms with Crippen LogP contribution in [0, 0.1) is 0 Å². The fraction of sp³-hybridized carbons (Fsp3) is 0.300. The number of rotatable bonds is 2. The molecule has 146 valence electrons. The highest BCUT2D eigenvalue weighted by atomic mass is 19.4. The van der Waals surface area contributed by atoms with Gasteiger partial charge >= 0.3 is 6.18 Å². The number of alkyl halides is 3. The van der Waals surface area contributed by atoms with Crippen molar-refractivity contribution < 1.29 is 22.8 Å². The molecule has 0 bridgehead atoms. The first-order valence-corrected chi connectivity index (χ1v) is 8.92. The molecule has 28 heavy (non-hydrogen) atoms. The molecular formula is C20H18F3N3O2. The van der Waals surface area contributed by atoms with Crippen molar-refractivity contribution in [2.75, 3.05) is 23.8 Å². The molecular weight excluding hydrogens is 371 g/mol. The van der Waals surface area contributed by atoms with Crippen molar-refractivity contribution in [2.45, 2.75) is 25.2 Å². The minimum absolute atomic E-state index is 0.00627. The lowest BCUT2D eigenvalue weighted by molar-refractivity contribution is -0.137. The fourth-order valence-electron chi connectivity index (χ4n) is 3.80. The van der Waals surface area contributed by atoms with Crippen molar-refractivity contribution in [3.8, 4) is 0 Å². The normalized spacial score (nSPS) is 18.7. The minimum atomic E-state index is -4.42. The van der Waals surface area contributed by atoms with E-state index in [9.17, 15) is 22.8 Å². The summed E-state index contributed by atoms with van der Waals surface area (Å²) in [4.78, 5) is 29.0. The van der Waals surface area contributed by atoms with E-state index < -0.39 is 17.6 Å². The molecule has 0 aromatic heterocycles. The molecule has 2 aromatic carbocycles. The number of carbonyl (C=O) groups excluding carboxylic acids is 2. The summed E-state index contributed by atoms with van der Waals surface area (Å²) in [5, 5.41) is 2.60. The van der Waals surface area contributed by atoms with Crippen LogP contribution in [-0.2, 0) is 6.18 Å². The summed E-state index contributed by atoms with van der Waals surface area (Å²) in [6, 6.07) is 9.11. The summed E-state index contributed by atoms with van der Waals surface area (Å²) in [5.41, 5.74) is 1.06. The van der Waals surface area contributed by atoms with Gasteiger partial charge in [-0.25, -0.2) is 0 Å². The monoisotopic (exact) mass is 389 g/mol. The zero-order valence-electron chi connectivity index (χ0n) is 15.1. The number of anilines is 2. The Kier molecular flexibility index (Phi) is 4.28. The van der Waals surface area contributed by atoms with Crippen molar-refractivity contribution >= 4 is 23.2 Å². The van der Waals surface area contributed by atoms with E-state index in [1.54, 1.807) is 18.2 Å². The number of hydrogen-bond donors (Lipinski definition) is 1. The maximum Gasteiger partial charge on any atom is 0.416 e. The Bertz CT molecular complexity index is 941. The van der Waals surface area contributed by atoms with Crippen LogP contribution in [-0.4, -0.2) is 36.5 Å². The third-order valence-corrected chi connectivity index (χ3v) is 5.27. The molecule has 5 nitrogen and oxygen atoms in total. The molecule has 2 aliphatic rings. The van der Waals surface area contributed by atoms with Crippen LogP contribution in [0.2, 0.25) is 0 Å². The molecule has 2 heterocycles. The Morgan fingerprint density at radius 3 is 2.54 bits per heavy atom. The second kappa shape index (κ2) is 6.54. The summed E-state index contributed by atoms with van der Waals surface area (Å²) < 4.78 is 37.9. The standard InChI is InChI=1S/C20H18F3N3O2/c1-25-16-11-12(4-9-15(16)19(28)26-10-2-3-17(25)26)18(27)24-14-7-5-13(6-8-14)20(21,22)23/h4-9,11,17H,2-3,10H2,1H3,(H,24,27)/t17-/m1/s1. The fourth-order valence-corrected chi connectivity index (χ4v) is 3.80. The smallest absolute Gasteiger partial charge is 0.354 e. The Morgan fingerprint density at radius 2 is 1.86 bits per heavy atom. The van der Waals surface area contributed by atoms with Gasteiger partial charge in [0.25, 0.3) is 11.8 Å². The molecule has 1 saturated heterocycles. The van der Waals surface area contributed by atoms with E-state index in [-0.39, 0.29) is 17.8 Å². The number of nitrogens with zero attached hydrogens (tertiary/aromatic N) is 2. The molecule has 2 amide bonds. The molecule has 1 N–H and O–H groups in total. The first-order valence-electron chi connectivity index (χ1n) is 8.92. The molecule has 0 saturated carbocycles. The molecule has 0 radical (unpaired) electrons. The SMILES string of the molecule is CN1c2cc(C(=O)Nc3ccc(C(F)(F)F)cc3)ccc2C(=O)N2CCC[C@@H]21. The lowest BCUT2D eigenvalue weighted by atomic mass is 10.0. The number of hydrogen-bond acceptors (Lipinski definition) is 3. The second-order valence-electron chi connectivity index (χ2n) is 6.99. The van der Waals surface area contributed by atoms with Crippen LogP contribution in [0.25, 0.3) is 0 Å². The topological polar surface area (TPSA) is 52.7 Å². The van der Waals surface area contributed by atoms with Crippen LogP contribution < -0.4 is 10.2 Å². The van der Waals surface area contributed by atoms with Gasteiger partial charge in [-0.1, -0.05) is 0 Å². The van der Waals surface area contributed by atoms with E-state index in [1.807, 2.05) is 16.8 Å². The van der Waals surface area contributed by atoms with Crippen molar-refractivity contribution in [2.24, 2.45) is 0 Å². The summed E-state index contributed by atoms with van der Waals surface area (Å²) in [6.07, 6.45) is -2.61. The van der Waals surface area contributed by atoms with E-state index in [4.69, 9.17) is 0 Å². The van der Waals surface area contributed by atoms with E-state index in [2.05, 4.69) is 5.32 Å². The van der Waals surface area contributed by atoms with Gasteiger partial charge in [-0.3, -0.25) is 9.59 Å². The molecule has 1 fully saturated rings. The second-order valence-corrected chi connectivity index (χ2v) is 6.99. The predicted molar refractivity (Wildman–Crippen MR) is 98.3 cm³/mol. The average Bonchev–Trinajstić information content (AvgIpc) is 3.16. The highest BCUT2D eigenvalue weighted by Crippen LogP contribution is 2.35. The van der Waals surface area contributed by atoms with Crippen LogP contribution in [0.4, 0.5) is 24.5 Å². The molecule has 1 atom stereocenters. The Labute approximate surface area is 159 Å². The average molecular weight is 389 g/mol. The number of benzene rings is 2. The van der Waals surface area contributed by atoms with Crippen LogP contribution >= 0.6 is 0 Å². The van der Waals surface area contributed by atoms with Gasteiger partial charge in [0.1, 0.15) is 6.17 Å². The first-order chi connectivity index (χ1) is 13.3. The third kappa shape index (κ3) is 3.08. The van der Waals surface area contributed by atoms with Gasteiger partial charge in [0.15, 0.2) is 0 Å². The summed E-state index contributed by atoms with van der Waals surface area (Å²) in [5.74, 6) is -0.484. The predicted octanol–water partition coefficient (Wildman–Crippen LogP) is 3.97. The first kappa shape index (κ1) is 18.3. The van der Waals surface area contributed by atoms with Crippen LogP contribution in [0.3, 0.4) is 0 Å². The van der Waals surface area contributed by atoms with Gasteiger partial charge < -0.3 is 15.1 Å². The lowest BCUT2D eigenvalue weighted by Crippen LogP contribution is -2.50. The van der Waals surface area contributed by atoms with Gasteiger partial charge in [-0.2, -0.15) is 13.2 Å². The molecule has 2 aromatic rings. The molecule has 0 spiro atoms. The van der Waals surface area contributed by atoms with Crippen LogP contribution in [0.1, 0.15) is 39.1 Å². The maximum absolute atomic E-state index is 12.6. The van der Waals surface area contributed by atoms with E-state index >= 15 is 0 Å². The molecule has 8 heteroatoms. The number of nitrogens with one attached hydrogen (secondary N) is 1. The maximum atomic E-state index is 12.6. The summed E-state index contributed by atoms with van der Waals surface area (Å²) in [6.45, 7) is 0.726. The third-order valence-electron chi connectivity index (χ3n) is 5.27. The van der Waals surface area contributed by atoms with Gasteiger partial charge in [0.2, 0.25) is 0 Å². The van der Waals surface area contributed by atoms with Gasteiger partial charge in [0, 0.05) is 24.8 Å². The number of amides is 2. The van der Waals surface area contributed by atoms with Crippen molar-refractivity contribution in [3.05, 3.63) is 59.2 Å². The molecule has 2 aliphatic heterocycles. The lowest BCUT2D eigenvalue weighted by Gasteiger charge is -2.40. The van der Waals surface area contributed by atoms with Crippen molar-refractivity contribution in [3.63, 3.8) is 0 Å². The Morgan fingerprint density at radius 1 is 1.14 bits per heavy atom. The van der Waals surface area contributed by atoms with Gasteiger partial charge in [0.05, 0.1) is 16.8 Å². The molecule has 4 rings (SSSR count). The van der Waals surface area contributed by atoms with Crippen LogP contribution in [0.5, 0.6) is 0 Å². The molecule has 0 aliphatic carbocycles. The number of fused-ring (bicyclic) bond motifs is 2. The molecule has 0 unspecified atom stereocenters. The highest BCUT2D eigenvalue weighted by Gasteiger charge is 2.38. The zero-order chi connectivity index (χ0) is 20.1. The van der Waals surface area contributed by atoms with E-state index in [0.29, 0.717) is 16.8 Å². The largest absolute Gasteiger partial charge is 0.416 e. The Hall–Kier alpha value is -3.03. The highest BCUT2D eigenvalue weighted by molar-refractivity contribution is 6.08. The number of halogens is 3. The number of carbonyl (C=O) groups is 2. The Balaban J connectivity index is 1.56.